The van der Waals surface area contributed by atoms with E-state index < -0.39 is 5.82 Å². The van der Waals surface area contributed by atoms with Crippen molar-refractivity contribution in [2.24, 2.45) is 0 Å². The quantitative estimate of drug-likeness (QED) is 0.818. The average Bonchev–Trinajstić information content (AvgIpc) is 2.61. The Labute approximate surface area is 154 Å². The first-order valence-electron chi connectivity index (χ1n) is 9.22. The molecule has 3 rings (SSSR count). The Balaban J connectivity index is 1.65. The van der Waals surface area contributed by atoms with Gasteiger partial charge in [-0.25, -0.2) is 4.39 Å². The van der Waals surface area contributed by atoms with Gasteiger partial charge in [-0.2, -0.15) is 0 Å². The lowest BCUT2D eigenvalue weighted by Crippen LogP contribution is -2.48. The van der Waals surface area contributed by atoms with Crippen molar-refractivity contribution in [3.8, 4) is 0 Å². The number of hydrogen-bond acceptors (Lipinski definition) is 3. The maximum absolute atomic E-state index is 14.2. The molecule has 1 atom stereocenters. The zero-order valence-electron chi connectivity index (χ0n) is 14.9. The van der Waals surface area contributed by atoms with Crippen LogP contribution in [-0.2, 0) is 0 Å². The van der Waals surface area contributed by atoms with Gasteiger partial charge in [-0.05, 0) is 44.9 Å². The van der Waals surface area contributed by atoms with Crippen LogP contribution in [0.4, 0.5) is 4.39 Å². The minimum atomic E-state index is -0.527. The van der Waals surface area contributed by atoms with Crippen molar-refractivity contribution >= 4 is 17.5 Å². The van der Waals surface area contributed by atoms with E-state index in [4.69, 9.17) is 11.6 Å². The fraction of sp³-hybridized carbons (Fsp3) is 0.632. The first-order chi connectivity index (χ1) is 12.1. The van der Waals surface area contributed by atoms with E-state index >= 15 is 0 Å². The predicted molar refractivity (Wildman–Crippen MR) is 98.6 cm³/mol. The number of rotatable bonds is 4. The Bertz CT molecular complexity index is 584. The van der Waals surface area contributed by atoms with Gasteiger partial charge in [-0.3, -0.25) is 4.79 Å². The summed E-state index contributed by atoms with van der Waals surface area (Å²) in [5.41, 5.74) is 0.0238. The minimum Gasteiger partial charge on any atom is -0.335 e. The molecule has 1 aromatic carbocycles. The number of nitrogens with zero attached hydrogens (tertiary/aromatic N) is 3. The highest BCUT2D eigenvalue weighted by Gasteiger charge is 2.30. The number of likely N-dealkylation sites (tertiary alicyclic amines) is 1. The van der Waals surface area contributed by atoms with E-state index in [9.17, 15) is 9.18 Å². The maximum Gasteiger partial charge on any atom is 0.258 e. The molecule has 2 fully saturated rings. The molecule has 0 saturated carbocycles. The molecule has 2 saturated heterocycles. The number of likely N-dealkylation sites (N-methyl/N-ethyl adjacent to an activating group) is 1. The molecule has 2 aliphatic rings. The van der Waals surface area contributed by atoms with Crippen LogP contribution in [0, 0.1) is 5.82 Å². The normalized spacial score (nSPS) is 23.0. The van der Waals surface area contributed by atoms with E-state index in [-0.39, 0.29) is 22.5 Å². The van der Waals surface area contributed by atoms with Crippen LogP contribution in [0.3, 0.4) is 0 Å². The second-order valence-electron chi connectivity index (χ2n) is 7.18. The van der Waals surface area contributed by atoms with Crippen molar-refractivity contribution in [3.63, 3.8) is 0 Å². The van der Waals surface area contributed by atoms with E-state index in [0.29, 0.717) is 6.54 Å². The monoisotopic (exact) mass is 367 g/mol. The molecule has 0 spiro atoms. The van der Waals surface area contributed by atoms with E-state index in [1.807, 2.05) is 4.90 Å². The summed E-state index contributed by atoms with van der Waals surface area (Å²) in [4.78, 5) is 19.6. The van der Waals surface area contributed by atoms with E-state index in [1.54, 1.807) is 6.07 Å². The highest BCUT2D eigenvalue weighted by atomic mass is 35.5. The van der Waals surface area contributed by atoms with Crippen LogP contribution in [-0.4, -0.2) is 73.0 Å². The van der Waals surface area contributed by atoms with Gasteiger partial charge in [-0.15, -0.1) is 0 Å². The fourth-order valence-electron chi connectivity index (χ4n) is 3.82. The molecule has 6 heteroatoms. The molecule has 1 amide bonds. The number of piperidine rings is 1. The van der Waals surface area contributed by atoms with Crippen molar-refractivity contribution < 1.29 is 9.18 Å². The van der Waals surface area contributed by atoms with Gasteiger partial charge in [0.25, 0.3) is 5.91 Å². The number of carbonyl (C=O) groups is 1. The summed E-state index contributed by atoms with van der Waals surface area (Å²) in [6.07, 6.45) is 4.04. The standard InChI is InChI=1S/C19H27ClFN3O/c1-22-11-13-23(14-12-22)10-8-15-5-2-3-9-24(15)19(25)18-16(20)6-4-7-17(18)21/h4,6-7,15H,2-3,5,8-14H2,1H3. The van der Waals surface area contributed by atoms with E-state index in [0.717, 1.165) is 58.4 Å². The highest BCUT2D eigenvalue weighted by Crippen LogP contribution is 2.26. The molecule has 0 aliphatic carbocycles. The molecule has 0 N–H and O–H groups in total. The Morgan fingerprint density at radius 2 is 1.96 bits per heavy atom. The van der Waals surface area contributed by atoms with Crippen LogP contribution in [0.25, 0.3) is 0 Å². The van der Waals surface area contributed by atoms with Crippen LogP contribution in [0.15, 0.2) is 18.2 Å². The topological polar surface area (TPSA) is 26.8 Å². The molecule has 0 bridgehead atoms. The molecular formula is C19H27ClFN3O. The Morgan fingerprint density at radius 3 is 2.68 bits per heavy atom. The summed E-state index contributed by atoms with van der Waals surface area (Å²) in [7, 11) is 2.15. The minimum absolute atomic E-state index is 0.0238. The summed E-state index contributed by atoms with van der Waals surface area (Å²) in [5, 5.41) is 0.202. The number of halogens is 2. The summed E-state index contributed by atoms with van der Waals surface area (Å²) >= 11 is 6.10. The molecule has 2 heterocycles. The zero-order chi connectivity index (χ0) is 17.8. The first-order valence-corrected chi connectivity index (χ1v) is 9.60. The highest BCUT2D eigenvalue weighted by molar-refractivity contribution is 6.33. The van der Waals surface area contributed by atoms with Gasteiger partial charge in [0.2, 0.25) is 0 Å². The molecule has 138 valence electrons. The van der Waals surface area contributed by atoms with Crippen molar-refractivity contribution in [1.82, 2.24) is 14.7 Å². The molecular weight excluding hydrogens is 341 g/mol. The first kappa shape index (κ1) is 18.6. The van der Waals surface area contributed by atoms with E-state index in [2.05, 4.69) is 16.8 Å². The number of carbonyl (C=O) groups excluding carboxylic acids is 1. The third-order valence-electron chi connectivity index (χ3n) is 5.44. The number of hydrogen-bond donors (Lipinski definition) is 0. The number of amides is 1. The molecule has 1 aromatic rings. The summed E-state index contributed by atoms with van der Waals surface area (Å²) in [5.74, 6) is -0.785. The molecule has 4 nitrogen and oxygen atoms in total. The van der Waals surface area contributed by atoms with Crippen LogP contribution in [0.2, 0.25) is 5.02 Å². The third kappa shape index (κ3) is 4.52. The lowest BCUT2D eigenvalue weighted by Gasteiger charge is -2.38. The molecule has 0 aromatic heterocycles. The van der Waals surface area contributed by atoms with Gasteiger partial charge >= 0.3 is 0 Å². The Kier molecular flexibility index (Phi) is 6.31. The largest absolute Gasteiger partial charge is 0.335 e. The fourth-order valence-corrected chi connectivity index (χ4v) is 4.06. The second-order valence-corrected chi connectivity index (χ2v) is 7.59. The molecule has 0 radical (unpaired) electrons. The van der Waals surface area contributed by atoms with Gasteiger partial charge in [0.15, 0.2) is 0 Å². The van der Waals surface area contributed by atoms with Gasteiger partial charge in [-0.1, -0.05) is 17.7 Å². The number of benzene rings is 1. The smallest absolute Gasteiger partial charge is 0.258 e. The molecule has 2 aliphatic heterocycles. The van der Waals surface area contributed by atoms with Crippen LogP contribution in [0.1, 0.15) is 36.0 Å². The Hall–Kier alpha value is -1.17. The summed E-state index contributed by atoms with van der Waals surface area (Å²) in [6, 6.07) is 4.61. The maximum atomic E-state index is 14.2. The zero-order valence-corrected chi connectivity index (χ0v) is 15.6. The lowest BCUT2D eigenvalue weighted by molar-refractivity contribution is 0.0565. The van der Waals surface area contributed by atoms with Gasteiger partial charge < -0.3 is 14.7 Å². The van der Waals surface area contributed by atoms with Crippen LogP contribution in [0.5, 0.6) is 0 Å². The predicted octanol–water partition coefficient (Wildman–Crippen LogP) is 3.11. The van der Waals surface area contributed by atoms with Crippen LogP contribution < -0.4 is 0 Å². The summed E-state index contributed by atoms with van der Waals surface area (Å²) in [6.45, 7) is 6.03. The lowest BCUT2D eigenvalue weighted by atomic mass is 9.97. The molecule has 1 unspecified atom stereocenters. The van der Waals surface area contributed by atoms with Crippen molar-refractivity contribution in [1.29, 1.82) is 0 Å². The van der Waals surface area contributed by atoms with Gasteiger partial charge in [0.1, 0.15) is 5.82 Å². The third-order valence-corrected chi connectivity index (χ3v) is 5.75. The number of piperazine rings is 1. The van der Waals surface area contributed by atoms with Gasteiger partial charge in [0, 0.05) is 45.3 Å². The average molecular weight is 368 g/mol. The second kappa shape index (κ2) is 8.47. The molecule has 25 heavy (non-hydrogen) atoms. The summed E-state index contributed by atoms with van der Waals surface area (Å²) < 4.78 is 14.2. The Morgan fingerprint density at radius 1 is 1.20 bits per heavy atom. The van der Waals surface area contributed by atoms with Crippen molar-refractivity contribution in [2.45, 2.75) is 31.7 Å². The van der Waals surface area contributed by atoms with Gasteiger partial charge in [0.05, 0.1) is 10.6 Å². The van der Waals surface area contributed by atoms with Crippen molar-refractivity contribution in [2.75, 3.05) is 46.3 Å². The SMILES string of the molecule is CN1CCN(CCC2CCCCN2C(=O)c2c(F)cccc2Cl)CC1. The van der Waals surface area contributed by atoms with Crippen molar-refractivity contribution in [3.05, 3.63) is 34.6 Å². The van der Waals surface area contributed by atoms with Crippen LogP contribution >= 0.6 is 11.6 Å². The van der Waals surface area contributed by atoms with E-state index in [1.165, 1.54) is 12.1 Å².